The van der Waals surface area contributed by atoms with Crippen molar-refractivity contribution in [2.45, 2.75) is 56.5 Å². The third-order valence-electron chi connectivity index (χ3n) is 7.25. The van der Waals surface area contributed by atoms with Crippen LogP contribution in [0.3, 0.4) is 0 Å². The molecule has 2 aliphatic carbocycles. The monoisotopic (exact) mass is 430 g/mol. The van der Waals surface area contributed by atoms with Gasteiger partial charge in [-0.05, 0) is 60.8 Å². The van der Waals surface area contributed by atoms with Crippen molar-refractivity contribution >= 4 is 23.5 Å². The molecule has 2 atom stereocenters. The largest absolute Gasteiger partial charge is 0.497 e. The molecule has 3 aliphatic rings. The first-order valence-corrected chi connectivity index (χ1v) is 12.7. The van der Waals surface area contributed by atoms with Gasteiger partial charge in [-0.1, -0.05) is 38.5 Å². The molecular weight excluding hydrogens is 396 g/mol. The van der Waals surface area contributed by atoms with Crippen molar-refractivity contribution in [1.82, 2.24) is 0 Å². The van der Waals surface area contributed by atoms with Crippen molar-refractivity contribution in [3.63, 3.8) is 0 Å². The Labute approximate surface area is 184 Å². The van der Waals surface area contributed by atoms with Gasteiger partial charge in [0.25, 0.3) is 0 Å². The van der Waals surface area contributed by atoms with E-state index in [9.17, 15) is 0 Å². The summed E-state index contributed by atoms with van der Waals surface area (Å²) < 4.78 is 11.7. The Kier molecular flexibility index (Phi) is 5.80. The molecule has 0 unspecified atom stereocenters. The highest BCUT2D eigenvalue weighted by molar-refractivity contribution is 8.21. The maximum atomic E-state index is 5.87. The van der Waals surface area contributed by atoms with Crippen molar-refractivity contribution in [1.29, 1.82) is 0 Å². The fourth-order valence-corrected chi connectivity index (χ4v) is 8.86. The summed E-state index contributed by atoms with van der Waals surface area (Å²) in [6.45, 7) is 12.0. The molecule has 0 aromatic heterocycles. The van der Waals surface area contributed by atoms with Crippen LogP contribution < -0.4 is 9.47 Å². The maximum absolute atomic E-state index is 5.87. The summed E-state index contributed by atoms with van der Waals surface area (Å²) in [6, 6.07) is 6.25. The highest BCUT2D eigenvalue weighted by atomic mass is 32.2. The average Bonchev–Trinajstić information content (AvgIpc) is 3.14. The zero-order chi connectivity index (χ0) is 20.8. The standard InChI is InChI=1S/C25H34O2S2/c1-16-7-9-20-23(25(28-13-14-29-25)12-11-24(20,3)4)22(17(16)2)19-15-18(26-5)8-10-21(19)27-6/h8,10,15-16,22H,2,7,9,11-14H2,1,3-6H3/t16-,22+/m1/s1. The van der Waals surface area contributed by atoms with Gasteiger partial charge in [-0.3, -0.25) is 0 Å². The lowest BCUT2D eigenvalue weighted by molar-refractivity contribution is 0.346. The lowest BCUT2D eigenvalue weighted by Crippen LogP contribution is -2.36. The third-order valence-corrected chi connectivity index (χ3v) is 10.8. The molecule has 4 heteroatoms. The van der Waals surface area contributed by atoms with Gasteiger partial charge in [0, 0.05) is 23.0 Å². The second kappa shape index (κ2) is 7.92. The molecule has 29 heavy (non-hydrogen) atoms. The number of hydrogen-bond donors (Lipinski definition) is 0. The van der Waals surface area contributed by atoms with Crippen LogP contribution in [0.5, 0.6) is 11.5 Å². The molecule has 1 aromatic rings. The average molecular weight is 431 g/mol. The van der Waals surface area contributed by atoms with Crippen LogP contribution in [0.2, 0.25) is 0 Å². The van der Waals surface area contributed by atoms with Crippen LogP contribution in [0.1, 0.15) is 57.9 Å². The first kappa shape index (κ1) is 21.2. The van der Waals surface area contributed by atoms with E-state index in [0.717, 1.165) is 11.5 Å². The highest BCUT2D eigenvalue weighted by Crippen LogP contribution is 2.65. The molecule has 4 rings (SSSR count). The Morgan fingerprint density at radius 2 is 1.79 bits per heavy atom. The lowest BCUT2D eigenvalue weighted by atomic mass is 9.67. The maximum Gasteiger partial charge on any atom is 0.123 e. The number of allylic oxidation sites excluding steroid dienone is 2. The highest BCUT2D eigenvalue weighted by Gasteiger charge is 2.51. The minimum atomic E-state index is 0.191. The smallest absolute Gasteiger partial charge is 0.123 e. The van der Waals surface area contributed by atoms with Crippen LogP contribution in [-0.2, 0) is 0 Å². The van der Waals surface area contributed by atoms with E-state index in [4.69, 9.17) is 9.47 Å². The second-order valence-electron chi connectivity index (χ2n) is 9.28. The van der Waals surface area contributed by atoms with Crippen molar-refractivity contribution < 1.29 is 9.47 Å². The first-order valence-electron chi connectivity index (χ1n) is 10.8. The molecule has 1 saturated heterocycles. The summed E-state index contributed by atoms with van der Waals surface area (Å²) in [6.07, 6.45) is 4.90. The fourth-order valence-electron chi connectivity index (χ4n) is 5.42. The zero-order valence-electron chi connectivity index (χ0n) is 18.5. The first-order chi connectivity index (χ1) is 13.8. The topological polar surface area (TPSA) is 18.5 Å². The van der Waals surface area contributed by atoms with E-state index in [1.807, 2.05) is 6.07 Å². The Bertz CT molecular complexity index is 833. The van der Waals surface area contributed by atoms with E-state index in [0.29, 0.717) is 5.92 Å². The lowest BCUT2D eigenvalue weighted by Gasteiger charge is -2.47. The van der Waals surface area contributed by atoms with E-state index < -0.39 is 0 Å². The summed E-state index contributed by atoms with van der Waals surface area (Å²) in [5.41, 5.74) is 6.14. The van der Waals surface area contributed by atoms with Gasteiger partial charge in [0.15, 0.2) is 0 Å². The molecule has 0 saturated carbocycles. The molecule has 1 aliphatic heterocycles. The molecule has 0 bridgehead atoms. The summed E-state index contributed by atoms with van der Waals surface area (Å²) in [7, 11) is 3.53. The zero-order valence-corrected chi connectivity index (χ0v) is 20.1. The van der Waals surface area contributed by atoms with E-state index in [-0.39, 0.29) is 15.4 Å². The van der Waals surface area contributed by atoms with E-state index >= 15 is 0 Å². The van der Waals surface area contributed by atoms with Crippen LogP contribution in [0, 0.1) is 11.3 Å². The summed E-state index contributed by atoms with van der Waals surface area (Å²) in [5, 5.41) is 0. The Morgan fingerprint density at radius 1 is 1.07 bits per heavy atom. The van der Waals surface area contributed by atoms with Crippen molar-refractivity contribution in [3.8, 4) is 11.5 Å². The molecule has 158 valence electrons. The minimum absolute atomic E-state index is 0.191. The summed E-state index contributed by atoms with van der Waals surface area (Å²) >= 11 is 4.36. The number of benzene rings is 1. The SMILES string of the molecule is C=C1[C@@H](c2cc(OC)ccc2OC)C2=C(CC[C@H]1C)C(C)(C)CCC21SCCS1. The van der Waals surface area contributed by atoms with Crippen LogP contribution in [-0.4, -0.2) is 29.8 Å². The molecule has 1 aromatic carbocycles. The number of ether oxygens (including phenoxy) is 2. The van der Waals surface area contributed by atoms with Gasteiger partial charge >= 0.3 is 0 Å². The Balaban J connectivity index is 2.00. The molecule has 1 heterocycles. The van der Waals surface area contributed by atoms with E-state index in [1.165, 1.54) is 48.3 Å². The van der Waals surface area contributed by atoms with Gasteiger partial charge in [0.2, 0.25) is 0 Å². The number of methoxy groups -OCH3 is 2. The van der Waals surface area contributed by atoms with E-state index in [2.05, 4.69) is 63.0 Å². The Morgan fingerprint density at radius 3 is 2.45 bits per heavy atom. The molecule has 0 amide bonds. The summed E-state index contributed by atoms with van der Waals surface area (Å²) in [4.78, 5) is 0. The molecule has 1 spiro atoms. The van der Waals surface area contributed by atoms with Gasteiger partial charge in [-0.2, -0.15) is 0 Å². The molecule has 1 fully saturated rings. The molecule has 2 nitrogen and oxygen atoms in total. The second-order valence-corrected chi connectivity index (χ2v) is 12.3. The van der Waals surface area contributed by atoms with Gasteiger partial charge in [-0.15, -0.1) is 23.5 Å². The number of hydrogen-bond acceptors (Lipinski definition) is 4. The molecule has 0 radical (unpaired) electrons. The number of rotatable bonds is 3. The predicted molar refractivity (Wildman–Crippen MR) is 128 cm³/mol. The number of fused-ring (bicyclic) bond motifs is 1. The minimum Gasteiger partial charge on any atom is -0.497 e. The number of thioether (sulfide) groups is 2. The molecular formula is C25H34O2S2. The van der Waals surface area contributed by atoms with Crippen LogP contribution in [0.4, 0.5) is 0 Å². The van der Waals surface area contributed by atoms with Gasteiger partial charge in [0.05, 0.1) is 18.3 Å². The van der Waals surface area contributed by atoms with Crippen molar-refractivity contribution in [3.05, 3.63) is 47.1 Å². The van der Waals surface area contributed by atoms with Crippen LogP contribution >= 0.6 is 23.5 Å². The molecule has 0 N–H and O–H groups in total. The van der Waals surface area contributed by atoms with Gasteiger partial charge in [-0.25, -0.2) is 0 Å². The third kappa shape index (κ3) is 3.54. The normalized spacial score (nSPS) is 28.2. The van der Waals surface area contributed by atoms with Crippen molar-refractivity contribution in [2.24, 2.45) is 11.3 Å². The van der Waals surface area contributed by atoms with Crippen LogP contribution in [0.25, 0.3) is 0 Å². The van der Waals surface area contributed by atoms with E-state index in [1.54, 1.807) is 25.4 Å². The van der Waals surface area contributed by atoms with Crippen molar-refractivity contribution in [2.75, 3.05) is 25.7 Å². The predicted octanol–water partition coefficient (Wildman–Crippen LogP) is 7.07. The van der Waals surface area contributed by atoms with Crippen LogP contribution in [0.15, 0.2) is 41.5 Å². The quantitative estimate of drug-likeness (QED) is 0.477. The van der Waals surface area contributed by atoms with Gasteiger partial charge in [0.1, 0.15) is 11.5 Å². The van der Waals surface area contributed by atoms with Gasteiger partial charge < -0.3 is 9.47 Å². The Hall–Kier alpha value is -1.00. The summed E-state index contributed by atoms with van der Waals surface area (Å²) in [5.74, 6) is 5.02. The fraction of sp³-hybridized carbons (Fsp3) is 0.600.